The molecule has 40 valence electrons. The largest absolute Gasteiger partial charge is 2.00 e. The van der Waals surface area contributed by atoms with E-state index in [9.17, 15) is 0 Å². The van der Waals surface area contributed by atoms with Gasteiger partial charge in [-0.05, 0) is 0 Å². The minimum atomic E-state index is -1.61. The average Bonchev–Trinajstić information content (AvgIpc) is 0.722. The number of rotatable bonds is 0. The standard InChI is InChI=1S/CCl4.Pd/c2-1(3,4)5;/q;+2. The average molecular weight is 260 g/mol. The molecule has 0 amide bonds. The third kappa shape index (κ3) is 40.8. The van der Waals surface area contributed by atoms with Crippen LogP contribution in [-0.2, 0) is 20.4 Å². The van der Waals surface area contributed by atoms with Gasteiger partial charge in [0.15, 0.2) is 0 Å². The Morgan fingerprint density at radius 3 is 0.833 bits per heavy atom. The molecule has 0 aromatic carbocycles. The van der Waals surface area contributed by atoms with Crippen molar-refractivity contribution in [3.63, 3.8) is 0 Å². The zero-order valence-electron chi connectivity index (χ0n) is 2.33. The van der Waals surface area contributed by atoms with Gasteiger partial charge in [0.1, 0.15) is 0 Å². The minimum Gasteiger partial charge on any atom is -0.0664 e. The van der Waals surface area contributed by atoms with Gasteiger partial charge in [-0.3, -0.25) is 0 Å². The second kappa shape index (κ2) is 3.78. The monoisotopic (exact) mass is 258 g/mol. The Morgan fingerprint density at radius 2 is 0.833 bits per heavy atom. The van der Waals surface area contributed by atoms with E-state index in [-0.39, 0.29) is 20.4 Å². The van der Waals surface area contributed by atoms with Crippen LogP contribution in [0.1, 0.15) is 0 Å². The predicted molar refractivity (Wildman–Crippen MR) is 26.1 cm³/mol. The third-order valence-corrected chi connectivity index (χ3v) is 0. The molecule has 0 unspecified atom stereocenters. The van der Waals surface area contributed by atoms with Crippen LogP contribution < -0.4 is 0 Å². The van der Waals surface area contributed by atoms with E-state index in [0.29, 0.717) is 0 Å². The maximum Gasteiger partial charge on any atom is 2.00 e. The van der Waals surface area contributed by atoms with Crippen molar-refractivity contribution in [1.29, 1.82) is 0 Å². The molecular formula is CCl4Pd+2. The van der Waals surface area contributed by atoms with E-state index in [0.717, 1.165) is 0 Å². The summed E-state index contributed by atoms with van der Waals surface area (Å²) < 4.78 is -1.61. The van der Waals surface area contributed by atoms with Gasteiger partial charge >= 0.3 is 20.4 Å². The van der Waals surface area contributed by atoms with Crippen molar-refractivity contribution in [2.24, 2.45) is 0 Å². The van der Waals surface area contributed by atoms with Crippen molar-refractivity contribution in [1.82, 2.24) is 0 Å². The van der Waals surface area contributed by atoms with Gasteiger partial charge in [0.2, 0.25) is 0 Å². The maximum absolute atomic E-state index is 4.83. The summed E-state index contributed by atoms with van der Waals surface area (Å²) in [5, 5.41) is 0. The van der Waals surface area contributed by atoms with E-state index >= 15 is 0 Å². The summed E-state index contributed by atoms with van der Waals surface area (Å²) in [7, 11) is 0. The Morgan fingerprint density at radius 1 is 0.833 bits per heavy atom. The molecule has 0 heterocycles. The first kappa shape index (κ1) is 10.7. The van der Waals surface area contributed by atoms with E-state index < -0.39 is 3.25 Å². The topological polar surface area (TPSA) is 0 Å². The van der Waals surface area contributed by atoms with Gasteiger partial charge in [-0.2, -0.15) is 0 Å². The van der Waals surface area contributed by atoms with E-state index in [1.165, 1.54) is 0 Å². The van der Waals surface area contributed by atoms with Crippen molar-refractivity contribution < 1.29 is 20.4 Å². The van der Waals surface area contributed by atoms with Gasteiger partial charge in [0, 0.05) is 0 Å². The Kier molecular flexibility index (Phi) is 6.77. The van der Waals surface area contributed by atoms with E-state index in [2.05, 4.69) is 0 Å². The van der Waals surface area contributed by atoms with Crippen molar-refractivity contribution in [2.45, 2.75) is 3.25 Å². The van der Waals surface area contributed by atoms with Gasteiger partial charge in [-0.1, -0.05) is 46.4 Å². The summed E-state index contributed by atoms with van der Waals surface area (Å²) in [5.41, 5.74) is 0. The number of alkyl halides is 4. The Balaban J connectivity index is 0. The second-order valence-corrected chi connectivity index (χ2v) is 3.86. The molecule has 0 spiro atoms. The first-order chi connectivity index (χ1) is 2.00. The zero-order chi connectivity index (χ0) is 4.50. The molecule has 0 fully saturated rings. The molecule has 0 radical (unpaired) electrons. The van der Waals surface area contributed by atoms with Gasteiger partial charge < -0.3 is 0 Å². The molecule has 0 aliphatic carbocycles. The molecule has 0 aromatic heterocycles. The molecule has 0 aliphatic heterocycles. The number of hydrogen-bond donors (Lipinski definition) is 0. The normalized spacial score (nSPS) is 10.0. The van der Waals surface area contributed by atoms with Gasteiger partial charge in [0.05, 0.1) is 0 Å². The smallest absolute Gasteiger partial charge is 0.0664 e. The van der Waals surface area contributed by atoms with Crippen LogP contribution in [0.15, 0.2) is 0 Å². The van der Waals surface area contributed by atoms with E-state index in [1.807, 2.05) is 0 Å². The van der Waals surface area contributed by atoms with Crippen LogP contribution in [0.4, 0.5) is 0 Å². The van der Waals surface area contributed by atoms with Gasteiger partial charge in [-0.25, -0.2) is 0 Å². The van der Waals surface area contributed by atoms with Crippen molar-refractivity contribution in [2.75, 3.05) is 0 Å². The number of halogens is 4. The molecule has 5 heteroatoms. The molecule has 0 atom stereocenters. The Labute approximate surface area is 69.7 Å². The molecule has 0 saturated carbocycles. The second-order valence-electron chi connectivity index (χ2n) is 0.429. The SMILES string of the molecule is ClC(Cl)(Cl)Cl.[Pd+2]. The molecule has 0 aliphatic rings. The predicted octanol–water partition coefficient (Wildman–Crippen LogP) is 2.55. The fourth-order valence-electron chi connectivity index (χ4n) is 0. The fourth-order valence-corrected chi connectivity index (χ4v) is 0. The van der Waals surface area contributed by atoms with Crippen LogP contribution in [-0.4, -0.2) is 3.25 Å². The first-order valence-corrected chi connectivity index (χ1v) is 2.27. The first-order valence-electron chi connectivity index (χ1n) is 0.756. The molecular weight excluding hydrogens is 260 g/mol. The van der Waals surface area contributed by atoms with E-state index in [4.69, 9.17) is 46.4 Å². The minimum absolute atomic E-state index is 0. The molecule has 6 heavy (non-hydrogen) atoms. The van der Waals surface area contributed by atoms with Crippen LogP contribution in [0, 0.1) is 0 Å². The fraction of sp³-hybridized carbons (Fsp3) is 1.00. The maximum atomic E-state index is 4.83. The van der Waals surface area contributed by atoms with Crippen molar-refractivity contribution >= 4 is 46.4 Å². The molecule has 0 N–H and O–H groups in total. The van der Waals surface area contributed by atoms with Crippen LogP contribution in [0.25, 0.3) is 0 Å². The third-order valence-electron chi connectivity index (χ3n) is 0. The summed E-state index contributed by atoms with van der Waals surface area (Å²) in [6, 6.07) is 0. The molecule has 0 nitrogen and oxygen atoms in total. The van der Waals surface area contributed by atoms with Gasteiger partial charge in [-0.15, -0.1) is 0 Å². The number of hydrogen-bond acceptors (Lipinski definition) is 0. The van der Waals surface area contributed by atoms with Crippen LogP contribution in [0.2, 0.25) is 0 Å². The van der Waals surface area contributed by atoms with Crippen LogP contribution in [0.5, 0.6) is 0 Å². The van der Waals surface area contributed by atoms with Crippen molar-refractivity contribution in [3.05, 3.63) is 0 Å². The molecule has 0 bridgehead atoms. The van der Waals surface area contributed by atoms with Crippen LogP contribution >= 0.6 is 46.4 Å². The molecule has 0 aromatic rings. The van der Waals surface area contributed by atoms with Crippen LogP contribution in [0.3, 0.4) is 0 Å². The summed E-state index contributed by atoms with van der Waals surface area (Å²) in [6.07, 6.45) is 0. The Bertz CT molecular complexity index is 23.0. The van der Waals surface area contributed by atoms with Crippen molar-refractivity contribution in [3.8, 4) is 0 Å². The summed E-state index contributed by atoms with van der Waals surface area (Å²) in [5.74, 6) is 0. The van der Waals surface area contributed by atoms with Gasteiger partial charge in [0.25, 0.3) is 3.25 Å². The summed E-state index contributed by atoms with van der Waals surface area (Å²) >= 11 is 19.3. The molecule has 0 rings (SSSR count). The summed E-state index contributed by atoms with van der Waals surface area (Å²) in [6.45, 7) is 0. The van der Waals surface area contributed by atoms with E-state index in [1.54, 1.807) is 0 Å². The summed E-state index contributed by atoms with van der Waals surface area (Å²) in [4.78, 5) is 0. The Hall–Kier alpha value is 1.82. The zero-order valence-corrected chi connectivity index (χ0v) is 6.91. The molecule has 0 saturated heterocycles. The quantitative estimate of drug-likeness (QED) is 0.464.